The fraction of sp³-hybridized carbons (Fsp3) is 0.977. The van der Waals surface area contributed by atoms with Gasteiger partial charge in [-0.3, -0.25) is 4.79 Å². The summed E-state index contributed by atoms with van der Waals surface area (Å²) in [6.07, 6.45) is 43.8. The van der Waals surface area contributed by atoms with Crippen molar-refractivity contribution in [3.63, 3.8) is 0 Å². The van der Waals surface area contributed by atoms with Crippen LogP contribution in [0.15, 0.2) is 0 Å². The van der Waals surface area contributed by atoms with E-state index in [-0.39, 0.29) is 6.61 Å². The van der Waals surface area contributed by atoms with Crippen LogP contribution in [-0.2, 0) is 4.79 Å². The minimum Gasteiger partial charge on any atom is -0.394 e. The van der Waals surface area contributed by atoms with Gasteiger partial charge in [-0.2, -0.15) is 0 Å². The van der Waals surface area contributed by atoms with Crippen molar-refractivity contribution in [3.8, 4) is 0 Å². The lowest BCUT2D eigenvalue weighted by atomic mass is 10.0. The van der Waals surface area contributed by atoms with E-state index in [9.17, 15) is 20.1 Å². The molecule has 0 aliphatic rings. The third kappa shape index (κ3) is 33.8. The molecule has 5 heteroatoms. The quantitative estimate of drug-likeness (QED) is 0.0485. The highest BCUT2D eigenvalue weighted by molar-refractivity contribution is 5.80. The predicted octanol–water partition coefficient (Wildman–Crippen LogP) is 12.3. The number of hydrogen-bond donors (Lipinski definition) is 4. The van der Waals surface area contributed by atoms with Crippen molar-refractivity contribution >= 4 is 5.91 Å². The molecule has 0 spiro atoms. The van der Waals surface area contributed by atoms with Crippen LogP contribution in [0.25, 0.3) is 0 Å². The number of rotatable bonds is 40. The Bertz CT molecular complexity index is 630. The first-order valence-electron chi connectivity index (χ1n) is 21.8. The van der Waals surface area contributed by atoms with E-state index in [4.69, 9.17) is 0 Å². The molecule has 0 aromatic carbocycles. The average molecular weight is 682 g/mol. The van der Waals surface area contributed by atoms with Gasteiger partial charge in [0.1, 0.15) is 6.10 Å². The van der Waals surface area contributed by atoms with E-state index in [1.165, 1.54) is 186 Å². The lowest BCUT2D eigenvalue weighted by Gasteiger charge is -2.23. The van der Waals surface area contributed by atoms with Crippen molar-refractivity contribution in [2.45, 2.75) is 263 Å². The molecule has 0 aliphatic heterocycles. The van der Waals surface area contributed by atoms with Gasteiger partial charge in [0.15, 0.2) is 0 Å². The van der Waals surface area contributed by atoms with Crippen molar-refractivity contribution in [1.29, 1.82) is 0 Å². The van der Waals surface area contributed by atoms with Gasteiger partial charge < -0.3 is 20.6 Å². The molecular weight excluding hydrogens is 594 g/mol. The molecule has 0 heterocycles. The average Bonchev–Trinajstić information content (AvgIpc) is 3.09. The number of hydrogen-bond acceptors (Lipinski definition) is 4. The molecule has 5 nitrogen and oxygen atoms in total. The maximum Gasteiger partial charge on any atom is 0.249 e. The zero-order valence-corrected chi connectivity index (χ0v) is 32.6. The number of unbranched alkanes of at least 4 members (excludes halogenated alkanes) is 32. The fourth-order valence-corrected chi connectivity index (χ4v) is 7.02. The van der Waals surface area contributed by atoms with Crippen molar-refractivity contribution in [2.75, 3.05) is 6.61 Å². The number of carbonyl (C=O) groups is 1. The van der Waals surface area contributed by atoms with E-state index >= 15 is 0 Å². The van der Waals surface area contributed by atoms with Gasteiger partial charge in [0.2, 0.25) is 5.91 Å². The highest BCUT2D eigenvalue weighted by Crippen LogP contribution is 2.17. The largest absolute Gasteiger partial charge is 0.394 e. The summed E-state index contributed by atoms with van der Waals surface area (Å²) in [4.78, 5) is 12.5. The van der Waals surface area contributed by atoms with Gasteiger partial charge >= 0.3 is 0 Å². The minimum atomic E-state index is -1.07. The third-order valence-electron chi connectivity index (χ3n) is 10.5. The fourth-order valence-electron chi connectivity index (χ4n) is 7.02. The molecule has 0 aromatic rings. The van der Waals surface area contributed by atoms with Crippen molar-refractivity contribution in [3.05, 3.63) is 0 Å². The second-order valence-corrected chi connectivity index (χ2v) is 15.3. The molecular formula is C43H87NO4. The smallest absolute Gasteiger partial charge is 0.249 e. The first kappa shape index (κ1) is 47.4. The number of amides is 1. The van der Waals surface area contributed by atoms with E-state index in [1.54, 1.807) is 0 Å². The Labute approximate surface area is 300 Å². The Morgan fingerprint density at radius 2 is 0.667 bits per heavy atom. The van der Waals surface area contributed by atoms with Crippen LogP contribution < -0.4 is 5.32 Å². The monoisotopic (exact) mass is 682 g/mol. The molecule has 0 aliphatic carbocycles. The molecule has 0 saturated carbocycles. The summed E-state index contributed by atoms with van der Waals surface area (Å²) in [6, 6.07) is -0.705. The van der Waals surface area contributed by atoms with Crippen molar-refractivity contribution in [1.82, 2.24) is 5.32 Å². The highest BCUT2D eigenvalue weighted by Gasteiger charge is 2.23. The summed E-state index contributed by atoms with van der Waals surface area (Å²) in [6.45, 7) is 4.25. The third-order valence-corrected chi connectivity index (χ3v) is 10.5. The second-order valence-electron chi connectivity index (χ2n) is 15.3. The van der Waals surface area contributed by atoms with Gasteiger partial charge in [-0.05, 0) is 12.8 Å². The molecule has 0 aromatic heterocycles. The van der Waals surface area contributed by atoms with Crippen LogP contribution in [0.3, 0.4) is 0 Å². The number of carbonyl (C=O) groups excluding carboxylic acids is 1. The van der Waals surface area contributed by atoms with Crippen LogP contribution in [-0.4, -0.2) is 46.1 Å². The van der Waals surface area contributed by atoms with Gasteiger partial charge in [0, 0.05) is 0 Å². The summed E-state index contributed by atoms with van der Waals surface area (Å²) in [5.74, 6) is -0.466. The number of aliphatic hydroxyl groups is 3. The molecule has 1 amide bonds. The first-order valence-corrected chi connectivity index (χ1v) is 21.8. The van der Waals surface area contributed by atoms with Crippen LogP contribution in [0.2, 0.25) is 0 Å². The van der Waals surface area contributed by atoms with Gasteiger partial charge in [0.05, 0.1) is 18.8 Å². The normalized spacial score (nSPS) is 13.5. The predicted molar refractivity (Wildman–Crippen MR) is 209 cm³/mol. The molecule has 0 rings (SSSR count). The number of aliphatic hydroxyl groups excluding tert-OH is 3. The SMILES string of the molecule is CCCCCCCCCCCCCCCCCCCCC(O)C(CO)NC(=O)C(O)CCCCCCCCCCCCCCCCCC. The maximum atomic E-state index is 12.5. The van der Waals surface area contributed by atoms with E-state index in [1.807, 2.05) is 0 Å². The van der Waals surface area contributed by atoms with E-state index in [2.05, 4.69) is 19.2 Å². The van der Waals surface area contributed by atoms with Crippen LogP contribution in [0.1, 0.15) is 245 Å². The summed E-state index contributed by atoms with van der Waals surface area (Å²) < 4.78 is 0. The molecule has 4 N–H and O–H groups in total. The second kappa shape index (κ2) is 39.1. The van der Waals surface area contributed by atoms with Crippen molar-refractivity contribution < 1.29 is 20.1 Å². The van der Waals surface area contributed by atoms with Gasteiger partial charge in [-0.25, -0.2) is 0 Å². The molecule has 0 fully saturated rings. The van der Waals surface area contributed by atoms with Gasteiger partial charge in [0.25, 0.3) is 0 Å². The standard InChI is InChI=1S/C43H87NO4/c1-3-5-7-9-11-13-15-17-19-21-22-24-25-27-29-31-33-35-37-41(46)40(39-45)44-43(48)42(47)38-36-34-32-30-28-26-23-20-18-16-14-12-10-8-6-4-2/h40-42,45-47H,3-39H2,1-2H3,(H,44,48). The van der Waals surface area contributed by atoms with Crippen LogP contribution >= 0.6 is 0 Å². The van der Waals surface area contributed by atoms with Crippen LogP contribution in [0.4, 0.5) is 0 Å². The molecule has 288 valence electrons. The zero-order valence-electron chi connectivity index (χ0n) is 32.6. The van der Waals surface area contributed by atoms with Crippen LogP contribution in [0.5, 0.6) is 0 Å². The summed E-state index contributed by atoms with van der Waals surface area (Å²) in [5.41, 5.74) is 0. The minimum absolute atomic E-state index is 0.308. The Balaban J connectivity index is 3.59. The lowest BCUT2D eigenvalue weighted by molar-refractivity contribution is -0.131. The molecule has 3 atom stereocenters. The number of nitrogens with one attached hydrogen (secondary N) is 1. The molecule has 3 unspecified atom stereocenters. The van der Waals surface area contributed by atoms with Crippen LogP contribution in [0, 0.1) is 0 Å². The van der Waals surface area contributed by atoms with Gasteiger partial charge in [-0.1, -0.05) is 232 Å². The molecule has 48 heavy (non-hydrogen) atoms. The summed E-state index contributed by atoms with van der Waals surface area (Å²) >= 11 is 0. The Kier molecular flexibility index (Phi) is 38.6. The Hall–Kier alpha value is -0.650. The van der Waals surface area contributed by atoms with Crippen molar-refractivity contribution in [2.24, 2.45) is 0 Å². The molecule has 0 saturated heterocycles. The summed E-state index contributed by atoms with van der Waals surface area (Å²) in [5, 5.41) is 33.3. The van der Waals surface area contributed by atoms with Gasteiger partial charge in [-0.15, -0.1) is 0 Å². The summed E-state index contributed by atoms with van der Waals surface area (Å²) in [7, 11) is 0. The van der Waals surface area contributed by atoms with E-state index in [0.717, 1.165) is 32.1 Å². The van der Waals surface area contributed by atoms with E-state index < -0.39 is 24.2 Å². The van der Waals surface area contributed by atoms with E-state index in [0.29, 0.717) is 12.8 Å². The molecule has 0 bridgehead atoms. The Morgan fingerprint density at radius 3 is 0.938 bits per heavy atom. The maximum absolute atomic E-state index is 12.5. The lowest BCUT2D eigenvalue weighted by Crippen LogP contribution is -2.49. The topological polar surface area (TPSA) is 89.8 Å². The highest BCUT2D eigenvalue weighted by atomic mass is 16.3. The molecule has 0 radical (unpaired) electrons. The zero-order chi connectivity index (χ0) is 35.2. The first-order chi connectivity index (χ1) is 23.6. The Morgan fingerprint density at radius 1 is 0.417 bits per heavy atom.